The summed E-state index contributed by atoms with van der Waals surface area (Å²) in [6, 6.07) is 12.5. The lowest BCUT2D eigenvalue weighted by Gasteiger charge is -2.02. The number of non-ortho nitro benzene ring substituents is 1. The van der Waals surface area contributed by atoms with Crippen molar-refractivity contribution in [2.45, 2.75) is 6.92 Å². The van der Waals surface area contributed by atoms with E-state index in [0.29, 0.717) is 32.6 Å². The van der Waals surface area contributed by atoms with Crippen LogP contribution in [-0.2, 0) is 0 Å². The van der Waals surface area contributed by atoms with E-state index in [1.165, 1.54) is 12.1 Å². The topological polar surface area (TPSA) is 113 Å². The zero-order chi connectivity index (χ0) is 20.3. The Balaban J connectivity index is 1.74. The lowest BCUT2D eigenvalue weighted by atomic mass is 10.1. The quantitative estimate of drug-likeness (QED) is 0.362. The summed E-state index contributed by atoms with van der Waals surface area (Å²) in [5, 5.41) is 22.4. The van der Waals surface area contributed by atoms with Gasteiger partial charge in [0.25, 0.3) is 11.6 Å². The molecule has 8 nitrogen and oxygen atoms in total. The lowest BCUT2D eigenvalue weighted by molar-refractivity contribution is -0.384. The Hall–Kier alpha value is -3.23. The van der Waals surface area contributed by atoms with Gasteiger partial charge < -0.3 is 0 Å². The number of nitro groups is 1. The van der Waals surface area contributed by atoms with Crippen molar-refractivity contribution >= 4 is 40.5 Å². The summed E-state index contributed by atoms with van der Waals surface area (Å²) in [7, 11) is 0. The highest BCUT2D eigenvalue weighted by atomic mass is 35.5. The molecular formula is C18H13Cl2N5O3. The Morgan fingerprint density at radius 1 is 1.18 bits per heavy atom. The molecule has 1 aromatic heterocycles. The van der Waals surface area contributed by atoms with E-state index in [1.54, 1.807) is 43.3 Å². The minimum atomic E-state index is -0.511. The van der Waals surface area contributed by atoms with Crippen LogP contribution in [0.25, 0.3) is 11.3 Å². The zero-order valence-corrected chi connectivity index (χ0v) is 16.0. The second kappa shape index (κ2) is 8.20. The van der Waals surface area contributed by atoms with Gasteiger partial charge in [-0.15, -0.1) is 0 Å². The third kappa shape index (κ3) is 4.36. The summed E-state index contributed by atoms with van der Waals surface area (Å²) in [5.74, 6) is -0.511. The van der Waals surface area contributed by atoms with Crippen LogP contribution < -0.4 is 5.43 Å². The second-order valence-electron chi connectivity index (χ2n) is 5.74. The Labute approximate surface area is 169 Å². The van der Waals surface area contributed by atoms with E-state index in [2.05, 4.69) is 20.7 Å². The van der Waals surface area contributed by atoms with Crippen LogP contribution in [0.1, 0.15) is 23.0 Å². The average Bonchev–Trinajstić information content (AvgIpc) is 3.18. The first-order valence-electron chi connectivity index (χ1n) is 7.95. The number of carbonyl (C=O) groups is 1. The number of nitro benzene ring substituents is 1. The number of H-pyrrole nitrogens is 1. The van der Waals surface area contributed by atoms with Crippen molar-refractivity contribution in [2.75, 3.05) is 0 Å². The smallest absolute Gasteiger partial charge is 0.272 e. The normalized spacial score (nSPS) is 11.3. The van der Waals surface area contributed by atoms with Crippen LogP contribution in [0.3, 0.4) is 0 Å². The van der Waals surface area contributed by atoms with E-state index in [-0.39, 0.29) is 11.4 Å². The molecule has 0 aliphatic rings. The summed E-state index contributed by atoms with van der Waals surface area (Å²) < 4.78 is 0. The third-order valence-electron chi connectivity index (χ3n) is 3.84. The van der Waals surface area contributed by atoms with Gasteiger partial charge in [0.05, 0.1) is 26.4 Å². The molecule has 0 bridgehead atoms. The first-order chi connectivity index (χ1) is 13.3. The van der Waals surface area contributed by atoms with E-state index in [0.717, 1.165) is 0 Å². The van der Waals surface area contributed by atoms with Crippen molar-refractivity contribution in [3.05, 3.63) is 79.9 Å². The van der Waals surface area contributed by atoms with Crippen LogP contribution in [0.5, 0.6) is 0 Å². The molecule has 0 spiro atoms. The van der Waals surface area contributed by atoms with Crippen molar-refractivity contribution in [3.8, 4) is 11.3 Å². The van der Waals surface area contributed by atoms with Gasteiger partial charge >= 0.3 is 0 Å². The molecule has 0 unspecified atom stereocenters. The highest BCUT2D eigenvalue weighted by Crippen LogP contribution is 2.27. The Bertz CT molecular complexity index is 1090. The highest BCUT2D eigenvalue weighted by molar-refractivity contribution is 6.42. The molecule has 2 aromatic carbocycles. The number of halogens is 2. The van der Waals surface area contributed by atoms with Gasteiger partial charge in [0.2, 0.25) is 0 Å². The fourth-order valence-corrected chi connectivity index (χ4v) is 2.64. The molecule has 0 fully saturated rings. The number of hydrogen-bond acceptors (Lipinski definition) is 5. The molecule has 0 radical (unpaired) electrons. The fraction of sp³-hybridized carbons (Fsp3) is 0.0556. The van der Waals surface area contributed by atoms with E-state index in [9.17, 15) is 14.9 Å². The summed E-state index contributed by atoms with van der Waals surface area (Å²) in [5.41, 5.74) is 4.68. The molecule has 0 aliphatic carbocycles. The summed E-state index contributed by atoms with van der Waals surface area (Å²) in [6.07, 6.45) is 0. The number of hydrogen-bond donors (Lipinski definition) is 2. The number of aromatic nitrogens is 2. The maximum atomic E-state index is 12.3. The molecule has 1 heterocycles. The number of aromatic amines is 1. The number of benzene rings is 2. The second-order valence-corrected chi connectivity index (χ2v) is 6.56. The van der Waals surface area contributed by atoms with Crippen LogP contribution >= 0.6 is 23.2 Å². The van der Waals surface area contributed by atoms with E-state index < -0.39 is 10.8 Å². The van der Waals surface area contributed by atoms with Crippen molar-refractivity contribution < 1.29 is 9.72 Å². The van der Waals surface area contributed by atoms with Gasteiger partial charge in [0.1, 0.15) is 5.69 Å². The number of amides is 1. The van der Waals surface area contributed by atoms with Crippen LogP contribution in [0.15, 0.2) is 53.6 Å². The first-order valence-corrected chi connectivity index (χ1v) is 8.71. The minimum absolute atomic E-state index is 0.0572. The van der Waals surface area contributed by atoms with Crippen LogP contribution in [0, 0.1) is 10.1 Å². The summed E-state index contributed by atoms with van der Waals surface area (Å²) >= 11 is 11.9. The van der Waals surface area contributed by atoms with Gasteiger partial charge in [-0.3, -0.25) is 20.0 Å². The number of nitrogens with zero attached hydrogens (tertiary/aromatic N) is 3. The number of carbonyl (C=O) groups excluding carboxylic acids is 1. The number of hydrazone groups is 1. The largest absolute Gasteiger partial charge is 0.289 e. The highest BCUT2D eigenvalue weighted by Gasteiger charge is 2.12. The molecule has 142 valence electrons. The maximum absolute atomic E-state index is 12.3. The molecule has 0 saturated heterocycles. The van der Waals surface area contributed by atoms with Crippen molar-refractivity contribution in [2.24, 2.45) is 5.10 Å². The first kappa shape index (κ1) is 19.5. The van der Waals surface area contributed by atoms with E-state index >= 15 is 0 Å². The molecular weight excluding hydrogens is 405 g/mol. The molecule has 2 N–H and O–H groups in total. The van der Waals surface area contributed by atoms with Crippen molar-refractivity contribution in [1.29, 1.82) is 0 Å². The van der Waals surface area contributed by atoms with Crippen molar-refractivity contribution in [3.63, 3.8) is 0 Å². The molecule has 1 amide bonds. The zero-order valence-electron chi connectivity index (χ0n) is 14.4. The monoisotopic (exact) mass is 417 g/mol. The standard InChI is InChI=1S/C18H13Cl2N5O3/c1-10(11-3-2-4-13(7-11)25(27)28)21-24-18(26)17-9-16(22-23-17)12-5-6-14(19)15(20)8-12/h2-9H,1H3,(H,22,23)(H,24,26)/b21-10+. The lowest BCUT2D eigenvalue weighted by Crippen LogP contribution is -2.19. The molecule has 0 saturated carbocycles. The van der Waals surface area contributed by atoms with E-state index in [4.69, 9.17) is 23.2 Å². The van der Waals surface area contributed by atoms with E-state index in [1.807, 2.05) is 0 Å². The van der Waals surface area contributed by atoms with Crippen molar-refractivity contribution in [1.82, 2.24) is 15.6 Å². The molecule has 3 aromatic rings. The minimum Gasteiger partial charge on any atom is -0.272 e. The molecule has 28 heavy (non-hydrogen) atoms. The fourth-order valence-electron chi connectivity index (χ4n) is 2.35. The van der Waals surface area contributed by atoms with Crippen LogP contribution in [0.4, 0.5) is 5.69 Å². The number of nitrogens with one attached hydrogen (secondary N) is 2. The van der Waals surface area contributed by atoms with Gasteiger partial charge in [-0.1, -0.05) is 41.4 Å². The van der Waals surface area contributed by atoms with Gasteiger partial charge in [-0.2, -0.15) is 10.2 Å². The molecule has 3 rings (SSSR count). The molecule has 0 aliphatic heterocycles. The van der Waals surface area contributed by atoms with Gasteiger partial charge in [-0.25, -0.2) is 5.43 Å². The SMILES string of the molecule is C/C(=N\NC(=O)c1cc(-c2ccc(Cl)c(Cl)c2)n[nH]1)c1cccc([N+](=O)[O-])c1. The Morgan fingerprint density at radius 2 is 1.96 bits per heavy atom. The number of rotatable bonds is 5. The molecule has 0 atom stereocenters. The van der Waals surface area contributed by atoms with Gasteiger partial charge in [0, 0.05) is 23.3 Å². The maximum Gasteiger partial charge on any atom is 0.289 e. The average molecular weight is 418 g/mol. The Morgan fingerprint density at radius 3 is 2.68 bits per heavy atom. The van der Waals surface area contributed by atoms with Crippen LogP contribution in [-0.4, -0.2) is 26.7 Å². The molecule has 10 heteroatoms. The van der Waals surface area contributed by atoms with Gasteiger partial charge in [0.15, 0.2) is 0 Å². The third-order valence-corrected chi connectivity index (χ3v) is 4.58. The predicted molar refractivity (Wildman–Crippen MR) is 107 cm³/mol. The van der Waals surface area contributed by atoms with Gasteiger partial charge in [-0.05, 0) is 25.1 Å². The summed E-state index contributed by atoms with van der Waals surface area (Å²) in [4.78, 5) is 22.6. The Kier molecular flexibility index (Phi) is 5.72. The van der Waals surface area contributed by atoms with Crippen LogP contribution in [0.2, 0.25) is 10.0 Å². The summed E-state index contributed by atoms with van der Waals surface area (Å²) in [6.45, 7) is 1.63. The predicted octanol–water partition coefficient (Wildman–Crippen LogP) is 4.45.